The molecule has 1 saturated carbocycles. The molecule has 1 aromatic carbocycles. The predicted octanol–water partition coefficient (Wildman–Crippen LogP) is 7.45. The van der Waals surface area contributed by atoms with Crippen molar-refractivity contribution in [1.82, 2.24) is 9.78 Å². The molecular formula is C26H37BrFN3OSi. The highest BCUT2D eigenvalue weighted by atomic mass is 79.9. The highest BCUT2D eigenvalue weighted by molar-refractivity contribution is 9.10. The number of aryl methyl sites for hydroxylation is 1. The Balaban J connectivity index is 1.69. The van der Waals surface area contributed by atoms with Gasteiger partial charge in [-0.1, -0.05) is 39.9 Å². The van der Waals surface area contributed by atoms with E-state index in [-0.39, 0.29) is 5.82 Å². The molecule has 0 bridgehead atoms. The Bertz CT molecular complexity index is 1070. The third kappa shape index (κ3) is 5.51. The summed E-state index contributed by atoms with van der Waals surface area (Å²) in [6.07, 6.45) is 5.26. The van der Waals surface area contributed by atoms with E-state index in [0.29, 0.717) is 16.6 Å². The number of ether oxygens (including phenoxy) is 1. The Morgan fingerprint density at radius 2 is 2.12 bits per heavy atom. The van der Waals surface area contributed by atoms with Crippen LogP contribution in [0.5, 0.6) is 0 Å². The molecular weight excluding hydrogens is 497 g/mol. The van der Waals surface area contributed by atoms with Crippen LogP contribution in [0.25, 0.3) is 0 Å². The second kappa shape index (κ2) is 9.38. The highest BCUT2D eigenvalue weighted by Crippen LogP contribution is 2.59. The van der Waals surface area contributed by atoms with Crippen LogP contribution in [-0.2, 0) is 24.3 Å². The van der Waals surface area contributed by atoms with Crippen molar-refractivity contribution in [2.24, 2.45) is 16.3 Å². The number of hydrogen-bond acceptors (Lipinski definition) is 3. The summed E-state index contributed by atoms with van der Waals surface area (Å²) in [4.78, 5) is 5.04. The molecule has 0 aliphatic heterocycles. The van der Waals surface area contributed by atoms with Crippen LogP contribution in [0, 0.1) is 24.1 Å². The molecule has 1 fully saturated rings. The first kappa shape index (κ1) is 24.8. The van der Waals surface area contributed by atoms with Gasteiger partial charge in [-0.15, -0.1) is 0 Å². The molecule has 33 heavy (non-hydrogen) atoms. The van der Waals surface area contributed by atoms with Crippen molar-refractivity contribution in [3.05, 3.63) is 44.9 Å². The monoisotopic (exact) mass is 533 g/mol. The quantitative estimate of drug-likeness (QED) is 0.190. The van der Waals surface area contributed by atoms with Crippen molar-refractivity contribution in [2.75, 3.05) is 6.61 Å². The second-order valence-corrected chi connectivity index (χ2v) is 17.9. The van der Waals surface area contributed by atoms with Crippen LogP contribution in [-0.4, -0.2) is 30.2 Å². The largest absolute Gasteiger partial charge is 0.360 e. The number of aromatic nitrogens is 2. The van der Waals surface area contributed by atoms with Crippen molar-refractivity contribution < 1.29 is 9.13 Å². The molecule has 2 aromatic rings. The number of rotatable bonds is 9. The van der Waals surface area contributed by atoms with E-state index in [1.165, 1.54) is 17.7 Å². The van der Waals surface area contributed by atoms with E-state index in [2.05, 4.69) is 54.1 Å². The number of nitrogens with zero attached hydrogens (tertiary/aromatic N) is 3. The molecule has 2 aliphatic carbocycles. The maximum atomic E-state index is 14.0. The molecule has 4 nitrogen and oxygen atoms in total. The molecule has 7 heteroatoms. The smallest absolute Gasteiger partial charge is 0.139 e. The lowest BCUT2D eigenvalue weighted by molar-refractivity contribution is 0.0755. The molecule has 1 heterocycles. The summed E-state index contributed by atoms with van der Waals surface area (Å²) in [5.74, 6) is 0.493. The van der Waals surface area contributed by atoms with Gasteiger partial charge >= 0.3 is 0 Å². The summed E-state index contributed by atoms with van der Waals surface area (Å²) in [5.41, 5.74) is 6.76. The molecule has 0 amide bonds. The van der Waals surface area contributed by atoms with Crippen LogP contribution in [0.15, 0.2) is 21.6 Å². The van der Waals surface area contributed by atoms with Crippen molar-refractivity contribution in [2.45, 2.75) is 85.3 Å². The number of aliphatic imine (C=N–C) groups is 1. The van der Waals surface area contributed by atoms with E-state index in [1.54, 1.807) is 12.1 Å². The molecule has 2 aliphatic rings. The second-order valence-electron chi connectivity index (χ2n) is 11.4. The standard InChI is InChI=1S/C26H37BrFN3OSi/c1-7-8-22(29-23-13-20(27)21(28)11-17(23)2)25-19-12-18-14-26(18,3)15-24(19)31(30-25)16-32-9-10-33(4,5)6/h11,13,18H,7-10,12,14-16H2,1-6H3/b29-22+/t18-,26-/m1/s1. The van der Waals surface area contributed by atoms with Crippen LogP contribution in [0.1, 0.15) is 55.6 Å². The zero-order valence-corrected chi connectivity index (χ0v) is 23.5. The zero-order valence-electron chi connectivity index (χ0n) is 20.9. The van der Waals surface area contributed by atoms with Gasteiger partial charge in [0.25, 0.3) is 0 Å². The van der Waals surface area contributed by atoms with E-state index in [4.69, 9.17) is 14.8 Å². The van der Waals surface area contributed by atoms with Gasteiger partial charge in [-0.3, -0.25) is 4.99 Å². The molecule has 180 valence electrons. The maximum Gasteiger partial charge on any atom is 0.139 e. The Morgan fingerprint density at radius 3 is 2.82 bits per heavy atom. The van der Waals surface area contributed by atoms with E-state index < -0.39 is 8.07 Å². The van der Waals surface area contributed by atoms with Gasteiger partial charge in [0.05, 0.1) is 15.9 Å². The summed E-state index contributed by atoms with van der Waals surface area (Å²) in [6, 6.07) is 4.48. The molecule has 4 rings (SSSR count). The van der Waals surface area contributed by atoms with Crippen LogP contribution in [0.4, 0.5) is 10.1 Å². The topological polar surface area (TPSA) is 39.4 Å². The Labute approximate surface area is 207 Å². The van der Waals surface area contributed by atoms with E-state index >= 15 is 0 Å². The summed E-state index contributed by atoms with van der Waals surface area (Å²) < 4.78 is 22.6. The average Bonchev–Trinajstić information content (AvgIpc) is 3.28. The minimum Gasteiger partial charge on any atom is -0.360 e. The SMILES string of the molecule is CCC/C(=N\c1cc(Br)c(F)cc1C)c1nn(COCC[Si](C)(C)C)c2c1C[C@@H]1C[C@]1(C)C2. The van der Waals surface area contributed by atoms with E-state index in [9.17, 15) is 4.39 Å². The van der Waals surface area contributed by atoms with Gasteiger partial charge in [0, 0.05) is 25.9 Å². The fourth-order valence-electron chi connectivity index (χ4n) is 4.85. The third-order valence-electron chi connectivity index (χ3n) is 7.19. The van der Waals surface area contributed by atoms with Gasteiger partial charge in [-0.05, 0) is 83.6 Å². The first-order valence-electron chi connectivity index (χ1n) is 12.2. The first-order chi connectivity index (χ1) is 15.5. The predicted molar refractivity (Wildman–Crippen MR) is 140 cm³/mol. The van der Waals surface area contributed by atoms with Crippen molar-refractivity contribution in [3.8, 4) is 0 Å². The summed E-state index contributed by atoms with van der Waals surface area (Å²) in [5, 5.41) is 5.08. The van der Waals surface area contributed by atoms with Crippen LogP contribution in [0.2, 0.25) is 25.7 Å². The number of halogens is 2. The van der Waals surface area contributed by atoms with E-state index in [1.807, 2.05) is 6.92 Å². The lowest BCUT2D eigenvalue weighted by atomic mass is 9.86. The molecule has 0 unspecified atom stereocenters. The van der Waals surface area contributed by atoms with Gasteiger partial charge in [0.2, 0.25) is 0 Å². The Kier molecular flexibility index (Phi) is 7.05. The Morgan fingerprint density at radius 1 is 1.36 bits per heavy atom. The number of fused-ring (bicyclic) bond motifs is 2. The van der Waals surface area contributed by atoms with Crippen molar-refractivity contribution >= 4 is 35.4 Å². The van der Waals surface area contributed by atoms with Crippen molar-refractivity contribution in [1.29, 1.82) is 0 Å². The van der Waals surface area contributed by atoms with Gasteiger partial charge in [-0.25, -0.2) is 9.07 Å². The summed E-state index contributed by atoms with van der Waals surface area (Å²) in [7, 11) is -1.13. The average molecular weight is 535 g/mol. The number of hydrogen-bond donors (Lipinski definition) is 0. The van der Waals surface area contributed by atoms with Crippen molar-refractivity contribution in [3.63, 3.8) is 0 Å². The molecule has 1 aromatic heterocycles. The maximum absolute atomic E-state index is 14.0. The normalized spacial score (nSPS) is 22.3. The first-order valence-corrected chi connectivity index (χ1v) is 16.7. The summed E-state index contributed by atoms with van der Waals surface area (Å²) >= 11 is 3.32. The number of benzene rings is 1. The lowest BCUT2D eigenvalue weighted by Crippen LogP contribution is -2.23. The van der Waals surface area contributed by atoms with Gasteiger partial charge in [0.1, 0.15) is 18.2 Å². The summed E-state index contributed by atoms with van der Waals surface area (Å²) in [6.45, 7) is 14.9. The zero-order chi connectivity index (χ0) is 24.0. The fraction of sp³-hybridized carbons (Fsp3) is 0.615. The minimum absolute atomic E-state index is 0.256. The van der Waals surface area contributed by atoms with Gasteiger partial charge in [-0.2, -0.15) is 5.10 Å². The van der Waals surface area contributed by atoms with Gasteiger partial charge in [0.15, 0.2) is 0 Å². The molecule has 0 N–H and O–H groups in total. The molecule has 0 radical (unpaired) electrons. The van der Waals surface area contributed by atoms with E-state index in [0.717, 1.165) is 66.9 Å². The molecule has 0 saturated heterocycles. The minimum atomic E-state index is -1.13. The fourth-order valence-corrected chi connectivity index (χ4v) is 5.94. The van der Waals surface area contributed by atoms with Crippen LogP contribution >= 0.6 is 15.9 Å². The Hall–Kier alpha value is -1.31. The molecule has 2 atom stereocenters. The highest BCUT2D eigenvalue weighted by Gasteiger charge is 2.54. The van der Waals surface area contributed by atoms with Crippen LogP contribution < -0.4 is 0 Å². The van der Waals surface area contributed by atoms with Crippen LogP contribution in [0.3, 0.4) is 0 Å². The third-order valence-corrected chi connectivity index (χ3v) is 9.50. The lowest BCUT2D eigenvalue weighted by Gasteiger charge is -2.21. The molecule has 0 spiro atoms. The van der Waals surface area contributed by atoms with Gasteiger partial charge < -0.3 is 4.74 Å².